The molecule has 0 unspecified atom stereocenters. The zero-order valence-corrected chi connectivity index (χ0v) is 12.6. The van der Waals surface area contributed by atoms with Crippen LogP contribution in [-0.4, -0.2) is 25.9 Å². The Morgan fingerprint density at radius 2 is 2.17 bits per heavy atom. The van der Waals surface area contributed by atoms with Gasteiger partial charge < -0.3 is 4.74 Å². The standard InChI is InChI=1S/C16H10N4O2S/c21-10-11-3-1-5-13(7-11)22-16-19-20-9-14(18-15(20)23-16)12-4-2-6-17-8-12/h1-10H. The van der Waals surface area contributed by atoms with Gasteiger partial charge in [0.25, 0.3) is 5.19 Å². The number of ether oxygens (including phenoxy) is 1. The molecule has 0 saturated heterocycles. The molecule has 6 nitrogen and oxygen atoms in total. The molecule has 23 heavy (non-hydrogen) atoms. The predicted octanol–water partition coefficient (Wildman–Crippen LogP) is 3.46. The van der Waals surface area contributed by atoms with E-state index in [2.05, 4.69) is 15.1 Å². The lowest BCUT2D eigenvalue weighted by molar-refractivity contribution is 0.112. The largest absolute Gasteiger partial charge is 0.430 e. The fourth-order valence-corrected chi connectivity index (χ4v) is 2.88. The summed E-state index contributed by atoms with van der Waals surface area (Å²) in [6.07, 6.45) is 6.09. The van der Waals surface area contributed by atoms with E-state index in [1.807, 2.05) is 18.3 Å². The molecular weight excluding hydrogens is 312 g/mol. The minimum absolute atomic E-state index is 0.466. The fourth-order valence-electron chi connectivity index (χ4n) is 2.13. The number of fused-ring (bicyclic) bond motifs is 1. The summed E-state index contributed by atoms with van der Waals surface area (Å²) in [6, 6.07) is 10.7. The van der Waals surface area contributed by atoms with Crippen molar-refractivity contribution in [3.8, 4) is 22.2 Å². The Kier molecular flexibility index (Phi) is 3.32. The van der Waals surface area contributed by atoms with Crippen LogP contribution in [0.3, 0.4) is 0 Å². The topological polar surface area (TPSA) is 69.4 Å². The number of rotatable bonds is 4. The zero-order valence-electron chi connectivity index (χ0n) is 11.8. The highest BCUT2D eigenvalue weighted by Gasteiger charge is 2.11. The van der Waals surface area contributed by atoms with Crippen molar-refractivity contribution >= 4 is 22.6 Å². The van der Waals surface area contributed by atoms with Gasteiger partial charge in [-0.3, -0.25) is 9.78 Å². The number of pyridine rings is 1. The average molecular weight is 322 g/mol. The van der Waals surface area contributed by atoms with Gasteiger partial charge in [0.2, 0.25) is 4.96 Å². The van der Waals surface area contributed by atoms with Gasteiger partial charge in [0, 0.05) is 23.5 Å². The van der Waals surface area contributed by atoms with E-state index >= 15 is 0 Å². The molecule has 0 aliphatic carbocycles. The van der Waals surface area contributed by atoms with Gasteiger partial charge in [0.05, 0.1) is 11.9 Å². The lowest BCUT2D eigenvalue weighted by Gasteiger charge is -2.00. The van der Waals surface area contributed by atoms with Crippen LogP contribution in [0.2, 0.25) is 0 Å². The summed E-state index contributed by atoms with van der Waals surface area (Å²) in [6.45, 7) is 0. The maximum absolute atomic E-state index is 10.8. The third-order valence-corrected chi connectivity index (χ3v) is 3.98. The minimum Gasteiger partial charge on any atom is -0.430 e. The van der Waals surface area contributed by atoms with Crippen molar-refractivity contribution in [2.24, 2.45) is 0 Å². The van der Waals surface area contributed by atoms with Crippen molar-refractivity contribution in [2.45, 2.75) is 0 Å². The lowest BCUT2D eigenvalue weighted by atomic mass is 10.2. The van der Waals surface area contributed by atoms with E-state index in [0.717, 1.165) is 22.5 Å². The molecule has 0 aliphatic heterocycles. The van der Waals surface area contributed by atoms with Crippen LogP contribution >= 0.6 is 11.3 Å². The lowest BCUT2D eigenvalue weighted by Crippen LogP contribution is -1.87. The number of aromatic nitrogens is 4. The number of aldehydes is 1. The van der Waals surface area contributed by atoms with Gasteiger partial charge in [0.1, 0.15) is 12.0 Å². The predicted molar refractivity (Wildman–Crippen MR) is 86.0 cm³/mol. The smallest absolute Gasteiger partial charge is 0.299 e. The summed E-state index contributed by atoms with van der Waals surface area (Å²) in [5.74, 6) is 0.569. The summed E-state index contributed by atoms with van der Waals surface area (Å²) >= 11 is 1.33. The van der Waals surface area contributed by atoms with Crippen LogP contribution in [0.5, 0.6) is 10.9 Å². The van der Waals surface area contributed by atoms with Gasteiger partial charge in [-0.05, 0) is 35.6 Å². The van der Waals surface area contributed by atoms with Crippen LogP contribution in [0.1, 0.15) is 10.4 Å². The van der Waals surface area contributed by atoms with Crippen LogP contribution in [0.25, 0.3) is 16.2 Å². The monoisotopic (exact) mass is 322 g/mol. The first-order valence-electron chi connectivity index (χ1n) is 6.81. The van der Waals surface area contributed by atoms with Crippen molar-refractivity contribution in [1.29, 1.82) is 0 Å². The highest BCUT2D eigenvalue weighted by molar-refractivity contribution is 7.18. The van der Waals surface area contributed by atoms with E-state index in [9.17, 15) is 4.79 Å². The summed E-state index contributed by atoms with van der Waals surface area (Å²) in [7, 11) is 0. The minimum atomic E-state index is 0.466. The Hall–Kier alpha value is -3.06. The molecule has 3 aromatic heterocycles. The van der Waals surface area contributed by atoms with E-state index in [0.29, 0.717) is 16.5 Å². The van der Waals surface area contributed by atoms with Gasteiger partial charge in [-0.2, -0.15) is 0 Å². The van der Waals surface area contributed by atoms with Crippen molar-refractivity contribution < 1.29 is 9.53 Å². The Morgan fingerprint density at radius 3 is 2.96 bits per heavy atom. The number of nitrogens with zero attached hydrogens (tertiary/aromatic N) is 4. The Bertz CT molecular complexity index is 947. The molecule has 0 amide bonds. The number of imidazole rings is 1. The summed E-state index contributed by atoms with van der Waals surface area (Å²) in [5.41, 5.74) is 2.31. The molecule has 0 bridgehead atoms. The number of hydrogen-bond acceptors (Lipinski definition) is 6. The molecule has 0 fully saturated rings. The SMILES string of the molecule is O=Cc1cccc(Oc2nn3cc(-c4cccnc4)nc3s2)c1. The summed E-state index contributed by atoms with van der Waals surface area (Å²) in [5, 5.41) is 4.82. The van der Waals surface area contributed by atoms with Crippen molar-refractivity contribution in [3.05, 3.63) is 60.6 Å². The molecule has 7 heteroatoms. The second-order valence-electron chi connectivity index (χ2n) is 4.76. The quantitative estimate of drug-likeness (QED) is 0.538. The molecule has 4 aromatic rings. The highest BCUT2D eigenvalue weighted by atomic mass is 32.1. The van der Waals surface area contributed by atoms with E-state index in [1.54, 1.807) is 41.2 Å². The van der Waals surface area contributed by atoms with E-state index in [-0.39, 0.29) is 0 Å². The van der Waals surface area contributed by atoms with Crippen LogP contribution in [0.15, 0.2) is 55.0 Å². The molecule has 0 radical (unpaired) electrons. The van der Waals surface area contributed by atoms with Crippen molar-refractivity contribution in [1.82, 2.24) is 19.6 Å². The summed E-state index contributed by atoms with van der Waals surface area (Å²) < 4.78 is 7.36. The first-order valence-corrected chi connectivity index (χ1v) is 7.63. The maximum atomic E-state index is 10.8. The second-order valence-corrected chi connectivity index (χ2v) is 5.67. The first kappa shape index (κ1) is 13.6. The number of hydrogen-bond donors (Lipinski definition) is 0. The third-order valence-electron chi connectivity index (χ3n) is 3.18. The van der Waals surface area contributed by atoms with Crippen molar-refractivity contribution in [3.63, 3.8) is 0 Å². The van der Waals surface area contributed by atoms with Crippen LogP contribution in [0.4, 0.5) is 0 Å². The Balaban J connectivity index is 1.62. The molecule has 0 N–H and O–H groups in total. The molecule has 0 saturated carbocycles. The molecule has 0 spiro atoms. The molecule has 1 aromatic carbocycles. The maximum Gasteiger partial charge on any atom is 0.299 e. The van der Waals surface area contributed by atoms with E-state index < -0.39 is 0 Å². The molecular formula is C16H10N4O2S. The molecule has 4 rings (SSSR count). The highest BCUT2D eigenvalue weighted by Crippen LogP contribution is 2.29. The van der Waals surface area contributed by atoms with Gasteiger partial charge in [0.15, 0.2) is 0 Å². The van der Waals surface area contributed by atoms with Gasteiger partial charge in [-0.1, -0.05) is 12.1 Å². The Morgan fingerprint density at radius 1 is 1.22 bits per heavy atom. The number of carbonyl (C=O) groups excluding carboxylic acids is 1. The fraction of sp³-hybridized carbons (Fsp3) is 0. The molecule has 0 aliphatic rings. The molecule has 0 atom stereocenters. The van der Waals surface area contributed by atoms with Gasteiger partial charge in [-0.15, -0.1) is 5.10 Å². The van der Waals surface area contributed by atoms with Gasteiger partial charge in [-0.25, -0.2) is 9.50 Å². The normalized spacial score (nSPS) is 10.8. The zero-order chi connectivity index (χ0) is 15.6. The molecule has 112 valence electrons. The van der Waals surface area contributed by atoms with E-state index in [4.69, 9.17) is 4.74 Å². The van der Waals surface area contributed by atoms with E-state index in [1.165, 1.54) is 11.3 Å². The number of benzene rings is 1. The second kappa shape index (κ2) is 5.62. The average Bonchev–Trinajstić information content (AvgIpc) is 3.14. The molecule has 3 heterocycles. The van der Waals surface area contributed by atoms with Crippen LogP contribution in [-0.2, 0) is 0 Å². The van der Waals surface area contributed by atoms with Crippen LogP contribution < -0.4 is 4.74 Å². The Labute approximate surface area is 135 Å². The van der Waals surface area contributed by atoms with Gasteiger partial charge >= 0.3 is 0 Å². The first-order chi connectivity index (χ1) is 11.3. The van der Waals surface area contributed by atoms with Crippen molar-refractivity contribution in [2.75, 3.05) is 0 Å². The number of carbonyl (C=O) groups is 1. The van der Waals surface area contributed by atoms with Crippen LogP contribution in [0, 0.1) is 0 Å². The third kappa shape index (κ3) is 2.69. The summed E-state index contributed by atoms with van der Waals surface area (Å²) in [4.78, 5) is 20.1.